The third-order valence-corrected chi connectivity index (χ3v) is 3.89. The third-order valence-electron chi connectivity index (χ3n) is 3.65. The normalized spacial score (nSPS) is 20.7. The maximum atomic E-state index is 11.8. The highest BCUT2D eigenvalue weighted by Crippen LogP contribution is 2.26. The molecule has 3 N–H and O–H groups in total. The summed E-state index contributed by atoms with van der Waals surface area (Å²) in [6.07, 6.45) is 3.76. The van der Waals surface area contributed by atoms with E-state index in [1.54, 1.807) is 12.1 Å². The molecule has 2 atom stereocenters. The van der Waals surface area contributed by atoms with Crippen molar-refractivity contribution in [3.05, 3.63) is 29.3 Å². The first kappa shape index (κ1) is 18.1. The quantitative estimate of drug-likeness (QED) is 0.787. The molecule has 1 fully saturated rings. The standard InChI is InChI=1S/C15H21ClN2O2.ClH/c16-12-4-2-5-13(10-12)20-8-7-18-15(19)9-11-3-1-6-14(11)17;/h2,4-5,10-11,14H,1,3,6-9,17H2,(H,18,19);1H/t11-,14+;/m0./s1. The first-order chi connectivity index (χ1) is 9.65. The molecule has 2 rings (SSSR count). The Bertz CT molecular complexity index is 457. The molecule has 21 heavy (non-hydrogen) atoms. The van der Waals surface area contributed by atoms with Gasteiger partial charge in [-0.05, 0) is 37.0 Å². The minimum atomic E-state index is 0. The number of nitrogens with one attached hydrogen (secondary N) is 1. The third kappa shape index (κ3) is 6.12. The van der Waals surface area contributed by atoms with Crippen molar-refractivity contribution in [1.82, 2.24) is 5.32 Å². The zero-order valence-electron chi connectivity index (χ0n) is 11.9. The number of hydrogen-bond donors (Lipinski definition) is 2. The Morgan fingerprint density at radius 2 is 2.24 bits per heavy atom. The molecular weight excluding hydrogens is 311 g/mol. The lowest BCUT2D eigenvalue weighted by Gasteiger charge is -2.14. The Balaban J connectivity index is 0.00000220. The summed E-state index contributed by atoms with van der Waals surface area (Å²) in [7, 11) is 0. The predicted molar refractivity (Wildman–Crippen MR) is 87.1 cm³/mol. The van der Waals surface area contributed by atoms with Gasteiger partial charge >= 0.3 is 0 Å². The van der Waals surface area contributed by atoms with Crippen LogP contribution in [0.2, 0.25) is 5.02 Å². The Hall–Kier alpha value is -0.970. The van der Waals surface area contributed by atoms with Crippen LogP contribution >= 0.6 is 24.0 Å². The second-order valence-electron chi connectivity index (χ2n) is 5.21. The molecule has 0 aromatic heterocycles. The molecule has 0 radical (unpaired) electrons. The molecule has 1 aromatic rings. The lowest BCUT2D eigenvalue weighted by molar-refractivity contribution is -0.122. The van der Waals surface area contributed by atoms with E-state index in [2.05, 4.69) is 5.32 Å². The number of amides is 1. The lowest BCUT2D eigenvalue weighted by Crippen LogP contribution is -2.33. The maximum Gasteiger partial charge on any atom is 0.220 e. The number of rotatable bonds is 6. The highest BCUT2D eigenvalue weighted by atomic mass is 35.5. The summed E-state index contributed by atoms with van der Waals surface area (Å²) in [6, 6.07) is 7.40. The number of benzene rings is 1. The molecule has 1 saturated carbocycles. The zero-order chi connectivity index (χ0) is 14.4. The SMILES string of the molecule is Cl.N[C@@H]1CCC[C@H]1CC(=O)NCCOc1cccc(Cl)c1. The van der Waals surface area contributed by atoms with Gasteiger partial charge in [-0.25, -0.2) is 0 Å². The fourth-order valence-electron chi connectivity index (χ4n) is 2.55. The van der Waals surface area contributed by atoms with Gasteiger partial charge in [0.1, 0.15) is 12.4 Å². The van der Waals surface area contributed by atoms with Gasteiger partial charge < -0.3 is 15.8 Å². The summed E-state index contributed by atoms with van der Waals surface area (Å²) < 4.78 is 5.50. The summed E-state index contributed by atoms with van der Waals surface area (Å²) >= 11 is 5.86. The van der Waals surface area contributed by atoms with E-state index >= 15 is 0 Å². The molecule has 0 heterocycles. The molecule has 6 heteroatoms. The van der Waals surface area contributed by atoms with Crippen LogP contribution in [-0.2, 0) is 4.79 Å². The van der Waals surface area contributed by atoms with Crippen LogP contribution in [0, 0.1) is 5.92 Å². The Kier molecular flexibility index (Phi) is 7.86. The number of carbonyl (C=O) groups is 1. The number of halogens is 2. The molecule has 0 saturated heterocycles. The fraction of sp³-hybridized carbons (Fsp3) is 0.533. The van der Waals surface area contributed by atoms with Gasteiger partial charge in [0.2, 0.25) is 5.91 Å². The van der Waals surface area contributed by atoms with E-state index < -0.39 is 0 Å². The van der Waals surface area contributed by atoms with Crippen molar-refractivity contribution in [2.45, 2.75) is 31.7 Å². The highest BCUT2D eigenvalue weighted by molar-refractivity contribution is 6.30. The first-order valence-electron chi connectivity index (χ1n) is 7.06. The van der Waals surface area contributed by atoms with E-state index in [1.165, 1.54) is 0 Å². The molecule has 0 spiro atoms. The van der Waals surface area contributed by atoms with Crippen LogP contribution in [0.3, 0.4) is 0 Å². The summed E-state index contributed by atoms with van der Waals surface area (Å²) in [6.45, 7) is 0.927. The minimum absolute atomic E-state index is 0. The number of ether oxygens (including phenoxy) is 1. The second kappa shape index (κ2) is 9.13. The van der Waals surface area contributed by atoms with E-state index in [9.17, 15) is 4.79 Å². The summed E-state index contributed by atoms with van der Waals surface area (Å²) in [4.78, 5) is 11.8. The molecule has 1 aliphatic rings. The monoisotopic (exact) mass is 332 g/mol. The first-order valence-corrected chi connectivity index (χ1v) is 7.43. The van der Waals surface area contributed by atoms with Gasteiger partial charge in [-0.3, -0.25) is 4.79 Å². The molecule has 0 bridgehead atoms. The highest BCUT2D eigenvalue weighted by Gasteiger charge is 2.25. The Morgan fingerprint density at radius 3 is 2.90 bits per heavy atom. The summed E-state index contributed by atoms with van der Waals surface area (Å²) in [5.41, 5.74) is 5.96. The van der Waals surface area contributed by atoms with Gasteiger partial charge in [0, 0.05) is 17.5 Å². The van der Waals surface area contributed by atoms with E-state index in [0.29, 0.717) is 36.3 Å². The van der Waals surface area contributed by atoms with Crippen molar-refractivity contribution in [2.24, 2.45) is 11.7 Å². The average molecular weight is 333 g/mol. The van der Waals surface area contributed by atoms with Crippen molar-refractivity contribution >= 4 is 29.9 Å². The minimum Gasteiger partial charge on any atom is -0.492 e. The largest absolute Gasteiger partial charge is 0.492 e. The summed E-state index contributed by atoms with van der Waals surface area (Å²) in [5.74, 6) is 1.11. The van der Waals surface area contributed by atoms with Gasteiger partial charge in [0.25, 0.3) is 0 Å². The number of nitrogens with two attached hydrogens (primary N) is 1. The van der Waals surface area contributed by atoms with E-state index in [1.807, 2.05) is 12.1 Å². The van der Waals surface area contributed by atoms with Gasteiger partial charge in [-0.15, -0.1) is 12.4 Å². The topological polar surface area (TPSA) is 64.4 Å². The van der Waals surface area contributed by atoms with Crippen molar-refractivity contribution < 1.29 is 9.53 Å². The van der Waals surface area contributed by atoms with Gasteiger partial charge in [0.05, 0.1) is 6.54 Å². The van der Waals surface area contributed by atoms with Crippen LogP contribution in [-0.4, -0.2) is 25.1 Å². The van der Waals surface area contributed by atoms with Crippen LogP contribution in [0.4, 0.5) is 0 Å². The second-order valence-corrected chi connectivity index (χ2v) is 5.65. The number of carbonyl (C=O) groups excluding carboxylic acids is 1. The Morgan fingerprint density at radius 1 is 1.43 bits per heavy atom. The van der Waals surface area contributed by atoms with Crippen molar-refractivity contribution in [1.29, 1.82) is 0 Å². The van der Waals surface area contributed by atoms with Crippen LogP contribution in [0.15, 0.2) is 24.3 Å². The van der Waals surface area contributed by atoms with E-state index in [4.69, 9.17) is 22.1 Å². The molecule has 1 amide bonds. The van der Waals surface area contributed by atoms with Crippen LogP contribution < -0.4 is 15.8 Å². The van der Waals surface area contributed by atoms with Crippen LogP contribution in [0.5, 0.6) is 5.75 Å². The predicted octanol–water partition coefficient (Wildman–Crippen LogP) is 2.77. The fourth-order valence-corrected chi connectivity index (χ4v) is 2.73. The van der Waals surface area contributed by atoms with Gasteiger partial charge in [0.15, 0.2) is 0 Å². The van der Waals surface area contributed by atoms with Crippen molar-refractivity contribution in [3.8, 4) is 5.75 Å². The van der Waals surface area contributed by atoms with Crippen LogP contribution in [0.25, 0.3) is 0 Å². The molecule has 0 aliphatic heterocycles. The number of hydrogen-bond acceptors (Lipinski definition) is 3. The molecule has 4 nitrogen and oxygen atoms in total. The lowest BCUT2D eigenvalue weighted by atomic mass is 10.00. The van der Waals surface area contributed by atoms with E-state index in [-0.39, 0.29) is 24.4 Å². The molecule has 1 aliphatic carbocycles. The van der Waals surface area contributed by atoms with Gasteiger partial charge in [-0.1, -0.05) is 24.1 Å². The molecule has 118 valence electrons. The van der Waals surface area contributed by atoms with Crippen LogP contribution in [0.1, 0.15) is 25.7 Å². The molecule has 1 aromatic carbocycles. The smallest absolute Gasteiger partial charge is 0.220 e. The zero-order valence-corrected chi connectivity index (χ0v) is 13.5. The molecule has 0 unspecified atom stereocenters. The van der Waals surface area contributed by atoms with Gasteiger partial charge in [-0.2, -0.15) is 0 Å². The Labute approximate surface area is 136 Å². The van der Waals surface area contributed by atoms with E-state index in [0.717, 1.165) is 19.3 Å². The van der Waals surface area contributed by atoms with Crippen molar-refractivity contribution in [2.75, 3.05) is 13.2 Å². The molecular formula is C15H22Cl2N2O2. The van der Waals surface area contributed by atoms with Crippen molar-refractivity contribution in [3.63, 3.8) is 0 Å². The average Bonchev–Trinajstić information content (AvgIpc) is 2.80. The maximum absolute atomic E-state index is 11.8. The summed E-state index contributed by atoms with van der Waals surface area (Å²) in [5, 5.41) is 3.50.